The van der Waals surface area contributed by atoms with Crippen LogP contribution < -0.4 is 9.64 Å². The molecule has 0 bridgehead atoms. The minimum absolute atomic E-state index is 0.0541. The number of β-amino-alcohol motifs (C(OH)–C–C–N with tert-alkyl or cyclic N) is 1. The molecule has 1 aliphatic rings. The molecule has 0 spiro atoms. The van der Waals surface area contributed by atoms with E-state index in [4.69, 9.17) is 44.1 Å². The molecule has 0 saturated carbocycles. The summed E-state index contributed by atoms with van der Waals surface area (Å²) in [6.07, 6.45) is 0. The number of anilines is 1. The minimum atomic E-state index is -1.16. The van der Waals surface area contributed by atoms with Crippen LogP contribution in [-0.4, -0.2) is 34.4 Å². The molecule has 1 fully saturated rings. The highest BCUT2D eigenvalue weighted by atomic mass is 35.5. The summed E-state index contributed by atoms with van der Waals surface area (Å²) in [5.41, 5.74) is 2.12. The Hall–Kier alpha value is -3.23. The van der Waals surface area contributed by atoms with Gasteiger partial charge in [0.05, 0.1) is 45.0 Å². The van der Waals surface area contributed by atoms with E-state index >= 15 is 0 Å². The van der Waals surface area contributed by atoms with Gasteiger partial charge in [-0.05, 0) is 42.0 Å². The molecule has 3 aromatic carbocycles. The van der Waals surface area contributed by atoms with Crippen molar-refractivity contribution in [2.75, 3.05) is 18.0 Å². The van der Waals surface area contributed by atoms with E-state index in [1.807, 2.05) is 24.8 Å². The molecule has 4 aromatic rings. The third-order valence-corrected chi connectivity index (χ3v) is 7.67. The van der Waals surface area contributed by atoms with E-state index < -0.39 is 11.6 Å². The average molecular weight is 588 g/mol. The molecule has 39 heavy (non-hydrogen) atoms. The molecule has 0 aliphatic carbocycles. The van der Waals surface area contributed by atoms with E-state index in [1.165, 1.54) is 12.1 Å². The van der Waals surface area contributed by atoms with E-state index in [9.17, 15) is 15.0 Å². The van der Waals surface area contributed by atoms with Gasteiger partial charge in [-0.2, -0.15) is 0 Å². The highest BCUT2D eigenvalue weighted by molar-refractivity contribution is 6.39. The molecule has 202 valence electrons. The van der Waals surface area contributed by atoms with Crippen LogP contribution in [0.3, 0.4) is 0 Å². The van der Waals surface area contributed by atoms with Gasteiger partial charge in [-0.1, -0.05) is 72.0 Å². The van der Waals surface area contributed by atoms with Gasteiger partial charge in [0, 0.05) is 17.5 Å². The molecule has 10 heteroatoms. The Kier molecular flexibility index (Phi) is 7.53. The lowest BCUT2D eigenvalue weighted by atomic mass is 9.85. The van der Waals surface area contributed by atoms with Gasteiger partial charge < -0.3 is 24.4 Å². The zero-order valence-electron chi connectivity index (χ0n) is 21.1. The molecule has 0 amide bonds. The van der Waals surface area contributed by atoms with Crippen LogP contribution in [-0.2, 0) is 12.2 Å². The topological polar surface area (TPSA) is 96.0 Å². The number of carbonyl (C=O) groups is 1. The lowest BCUT2D eigenvalue weighted by Gasteiger charge is -2.48. The number of hydrogen-bond acceptors (Lipinski definition) is 6. The average Bonchev–Trinajstić information content (AvgIpc) is 3.29. The molecule has 1 saturated heterocycles. The van der Waals surface area contributed by atoms with Crippen molar-refractivity contribution >= 4 is 46.5 Å². The Morgan fingerprint density at radius 2 is 1.74 bits per heavy atom. The van der Waals surface area contributed by atoms with Crippen molar-refractivity contribution < 1.29 is 24.3 Å². The van der Waals surface area contributed by atoms with E-state index in [-0.39, 0.29) is 31.2 Å². The number of hydrogen-bond donors (Lipinski definition) is 2. The number of benzene rings is 3. The van der Waals surface area contributed by atoms with Crippen LogP contribution in [0.25, 0.3) is 11.3 Å². The Bertz CT molecular complexity index is 1530. The number of halogens is 3. The molecule has 1 aliphatic heterocycles. The summed E-state index contributed by atoms with van der Waals surface area (Å²) < 4.78 is 11.7. The number of carboxylic acids is 1. The maximum absolute atomic E-state index is 11.3. The summed E-state index contributed by atoms with van der Waals surface area (Å²) in [6.45, 7) is 4.71. The number of aromatic carboxylic acids is 1. The highest BCUT2D eigenvalue weighted by Crippen LogP contribution is 2.41. The zero-order chi connectivity index (χ0) is 27.9. The quantitative estimate of drug-likeness (QED) is 0.222. The summed E-state index contributed by atoms with van der Waals surface area (Å²) in [4.78, 5) is 13.2. The third kappa shape index (κ3) is 5.32. The van der Waals surface area contributed by atoms with Crippen LogP contribution in [0.4, 0.5) is 5.69 Å². The van der Waals surface area contributed by atoms with Gasteiger partial charge in [-0.15, -0.1) is 0 Å². The fourth-order valence-electron chi connectivity index (χ4n) is 4.70. The van der Waals surface area contributed by atoms with Crippen molar-refractivity contribution in [1.29, 1.82) is 0 Å². The summed E-state index contributed by atoms with van der Waals surface area (Å²) in [7, 11) is 0. The predicted molar refractivity (Wildman–Crippen MR) is 151 cm³/mol. The molecule has 0 atom stereocenters. The molecular formula is C29H25Cl3N2O5. The molecule has 1 aromatic heterocycles. The molecule has 0 unspecified atom stereocenters. The number of nitrogens with zero attached hydrogens (tertiary/aromatic N) is 2. The molecule has 2 heterocycles. The maximum Gasteiger partial charge on any atom is 0.335 e. The van der Waals surface area contributed by atoms with Gasteiger partial charge in [-0.25, -0.2) is 4.79 Å². The monoisotopic (exact) mass is 586 g/mol. The fraction of sp³-hybridized carbons (Fsp3) is 0.241. The van der Waals surface area contributed by atoms with Gasteiger partial charge in [0.2, 0.25) is 0 Å². The largest absolute Gasteiger partial charge is 0.489 e. The molecule has 2 N–H and O–H groups in total. The van der Waals surface area contributed by atoms with E-state index in [1.54, 1.807) is 42.5 Å². The van der Waals surface area contributed by atoms with Crippen molar-refractivity contribution in [1.82, 2.24) is 5.16 Å². The zero-order valence-corrected chi connectivity index (χ0v) is 23.4. The first kappa shape index (κ1) is 27.3. The van der Waals surface area contributed by atoms with Crippen LogP contribution in [0.15, 0.2) is 65.2 Å². The summed E-state index contributed by atoms with van der Waals surface area (Å²) in [6, 6.07) is 16.9. The number of ether oxygens (including phenoxy) is 1. The summed E-state index contributed by atoms with van der Waals surface area (Å²) >= 11 is 19.5. The lowest BCUT2D eigenvalue weighted by Crippen LogP contribution is -2.59. The minimum Gasteiger partial charge on any atom is -0.489 e. The van der Waals surface area contributed by atoms with Crippen LogP contribution >= 0.6 is 34.8 Å². The number of aromatic nitrogens is 1. The van der Waals surface area contributed by atoms with Crippen LogP contribution in [0, 0.1) is 0 Å². The second-order valence-corrected chi connectivity index (χ2v) is 11.0. The Labute approximate surface area is 240 Å². The summed E-state index contributed by atoms with van der Waals surface area (Å²) in [5, 5.41) is 25.9. The predicted octanol–water partition coefficient (Wildman–Crippen LogP) is 7.41. The number of aliphatic hydroxyl groups is 1. The van der Waals surface area contributed by atoms with E-state index in [0.29, 0.717) is 43.4 Å². The second-order valence-electron chi connectivity index (χ2n) is 9.80. The highest BCUT2D eigenvalue weighted by Gasteiger charge is 2.43. The fourth-order valence-corrected chi connectivity index (χ4v) is 5.57. The molecular weight excluding hydrogens is 563 g/mol. The third-order valence-electron chi connectivity index (χ3n) is 6.74. The Morgan fingerprint density at radius 1 is 1.05 bits per heavy atom. The molecule has 7 nitrogen and oxygen atoms in total. The smallest absolute Gasteiger partial charge is 0.335 e. The van der Waals surface area contributed by atoms with Crippen LogP contribution in [0.5, 0.6) is 5.75 Å². The van der Waals surface area contributed by atoms with Crippen molar-refractivity contribution in [3.63, 3.8) is 0 Å². The normalized spacial score (nSPS) is 14.4. The maximum atomic E-state index is 11.3. The number of carboxylic acid groups (broad SMARTS) is 1. The van der Waals surface area contributed by atoms with E-state index in [2.05, 4.69) is 5.16 Å². The van der Waals surface area contributed by atoms with Gasteiger partial charge in [0.1, 0.15) is 29.4 Å². The second kappa shape index (κ2) is 10.7. The molecule has 0 radical (unpaired) electrons. The first-order chi connectivity index (χ1) is 18.6. The Morgan fingerprint density at radius 3 is 2.38 bits per heavy atom. The Balaban J connectivity index is 1.32. The van der Waals surface area contributed by atoms with Gasteiger partial charge in [-0.3, -0.25) is 0 Å². The van der Waals surface area contributed by atoms with Crippen molar-refractivity contribution in [3.8, 4) is 17.0 Å². The van der Waals surface area contributed by atoms with Crippen molar-refractivity contribution in [3.05, 3.63) is 98.2 Å². The van der Waals surface area contributed by atoms with Gasteiger partial charge in [0.25, 0.3) is 0 Å². The van der Waals surface area contributed by atoms with Crippen LogP contribution in [0.2, 0.25) is 15.1 Å². The van der Waals surface area contributed by atoms with Crippen molar-refractivity contribution in [2.24, 2.45) is 0 Å². The first-order valence-corrected chi connectivity index (χ1v) is 13.4. The van der Waals surface area contributed by atoms with Gasteiger partial charge >= 0.3 is 5.97 Å². The SMILES string of the molecule is CC(C)c1onc(-c2c(Cl)cccc2Cl)c1COc1ccc(N2CC(O)(c3cccc(C(=O)O)c3)C2)c(Cl)c1. The lowest BCUT2D eigenvalue weighted by molar-refractivity contribution is 0.00749. The van der Waals surface area contributed by atoms with E-state index in [0.717, 1.165) is 11.3 Å². The first-order valence-electron chi connectivity index (χ1n) is 12.2. The summed E-state index contributed by atoms with van der Waals surface area (Å²) in [5.74, 6) is 0.235. The molecule has 5 rings (SSSR count). The standard InChI is InChI=1S/C29H25Cl3N2O5/c1-16(2)27-20(26(33-39-27)25-21(30)7-4-8-22(25)31)13-38-19-9-10-24(23(32)12-19)34-14-29(37,15-34)18-6-3-5-17(11-18)28(35)36/h3-12,16,37H,13-15H2,1-2H3,(H,35,36). The van der Waals surface area contributed by atoms with Crippen molar-refractivity contribution in [2.45, 2.75) is 32.0 Å². The number of rotatable bonds is 8. The van der Waals surface area contributed by atoms with Gasteiger partial charge in [0.15, 0.2) is 0 Å². The van der Waals surface area contributed by atoms with Crippen LogP contribution in [0.1, 0.15) is 47.0 Å².